The minimum atomic E-state index is 0.312. The smallest absolute Gasteiger partial charge is 0.130 e. The van der Waals surface area contributed by atoms with Gasteiger partial charge in [-0.25, -0.2) is 0 Å². The van der Waals surface area contributed by atoms with Crippen molar-refractivity contribution in [3.8, 4) is 5.75 Å². The number of nitrogen functional groups attached to an aromatic ring is 1. The summed E-state index contributed by atoms with van der Waals surface area (Å²) >= 11 is 11.7. The number of anilines is 1. The molecule has 0 spiro atoms. The highest BCUT2D eigenvalue weighted by Gasteiger charge is 2.01. The fourth-order valence-corrected chi connectivity index (χ4v) is 1.92. The van der Waals surface area contributed by atoms with E-state index in [2.05, 4.69) is 10.4 Å². The summed E-state index contributed by atoms with van der Waals surface area (Å²) in [5.74, 6) is 5.91. The van der Waals surface area contributed by atoms with Gasteiger partial charge in [-0.05, 0) is 30.3 Å². The second-order valence-electron chi connectivity index (χ2n) is 3.57. The molecule has 0 radical (unpaired) electrons. The van der Waals surface area contributed by atoms with Gasteiger partial charge in [-0.15, -0.1) is 0 Å². The highest BCUT2D eigenvalue weighted by molar-refractivity contribution is 6.34. The van der Waals surface area contributed by atoms with Crippen molar-refractivity contribution in [2.45, 2.75) is 6.61 Å². The number of benzene rings is 1. The van der Waals surface area contributed by atoms with Gasteiger partial charge in [0, 0.05) is 16.2 Å². The first kappa shape index (κ1) is 13.0. The molecular formula is C12H11Cl2N3O. The molecule has 1 aromatic carbocycles. The molecule has 0 saturated carbocycles. The van der Waals surface area contributed by atoms with Crippen molar-refractivity contribution in [3.05, 3.63) is 52.3 Å². The van der Waals surface area contributed by atoms with Crippen LogP contribution in [0.25, 0.3) is 0 Å². The summed E-state index contributed by atoms with van der Waals surface area (Å²) in [5, 5.41) is 1.06. The van der Waals surface area contributed by atoms with Gasteiger partial charge in [0.25, 0.3) is 0 Å². The Kier molecular flexibility index (Phi) is 4.25. The maximum absolute atomic E-state index is 5.87. The molecular weight excluding hydrogens is 273 g/mol. The number of hydrazine groups is 1. The molecule has 2 rings (SSSR count). The van der Waals surface area contributed by atoms with E-state index in [0.29, 0.717) is 22.4 Å². The van der Waals surface area contributed by atoms with Gasteiger partial charge in [-0.2, -0.15) is 0 Å². The number of nitrogens with one attached hydrogen (secondary N) is 1. The largest absolute Gasteiger partial charge is 0.487 e. The van der Waals surface area contributed by atoms with Crippen LogP contribution >= 0.6 is 23.2 Å². The van der Waals surface area contributed by atoms with Gasteiger partial charge in [0.05, 0.1) is 11.4 Å². The van der Waals surface area contributed by atoms with Gasteiger partial charge >= 0.3 is 0 Å². The van der Waals surface area contributed by atoms with E-state index >= 15 is 0 Å². The van der Waals surface area contributed by atoms with Crippen molar-refractivity contribution in [2.24, 2.45) is 5.84 Å². The third-order valence-corrected chi connectivity index (χ3v) is 2.64. The van der Waals surface area contributed by atoms with Crippen LogP contribution in [0.1, 0.15) is 5.69 Å². The molecule has 0 unspecified atom stereocenters. The van der Waals surface area contributed by atoms with Crippen molar-refractivity contribution in [2.75, 3.05) is 5.43 Å². The van der Waals surface area contributed by atoms with E-state index < -0.39 is 0 Å². The molecule has 0 aliphatic rings. The second kappa shape index (κ2) is 5.91. The Morgan fingerprint density at radius 3 is 2.56 bits per heavy atom. The first-order valence-corrected chi connectivity index (χ1v) is 5.93. The average molecular weight is 284 g/mol. The summed E-state index contributed by atoms with van der Waals surface area (Å²) in [4.78, 5) is 4.16. The molecule has 1 heterocycles. The van der Waals surface area contributed by atoms with Crippen LogP contribution in [0, 0.1) is 0 Å². The van der Waals surface area contributed by atoms with Crippen molar-refractivity contribution >= 4 is 28.9 Å². The molecule has 0 bridgehead atoms. The molecule has 1 aromatic heterocycles. The molecule has 0 aliphatic heterocycles. The minimum Gasteiger partial charge on any atom is -0.487 e. The van der Waals surface area contributed by atoms with E-state index in [0.717, 1.165) is 11.4 Å². The number of ether oxygens (including phenoxy) is 1. The number of pyridine rings is 1. The standard InChI is InChI=1S/C12H11Cl2N3O/c13-8-3-9(14)5-12(4-8)18-7-11-6-10(17-15)1-2-16-11/h1-6H,7,15H2,(H,16,17). The predicted octanol–water partition coefficient (Wildman–Crippen LogP) is 3.25. The van der Waals surface area contributed by atoms with Crippen LogP contribution in [0.15, 0.2) is 36.5 Å². The number of halogens is 2. The summed E-state index contributed by atoms with van der Waals surface area (Å²) in [7, 11) is 0. The van der Waals surface area contributed by atoms with Crippen LogP contribution in [0.3, 0.4) is 0 Å². The SMILES string of the molecule is NNc1ccnc(COc2cc(Cl)cc(Cl)c2)c1. The second-order valence-corrected chi connectivity index (χ2v) is 4.45. The van der Waals surface area contributed by atoms with Gasteiger partial charge in [-0.1, -0.05) is 23.2 Å². The lowest BCUT2D eigenvalue weighted by atomic mass is 10.3. The molecule has 0 fully saturated rings. The van der Waals surface area contributed by atoms with Crippen LogP contribution in [0.4, 0.5) is 5.69 Å². The zero-order valence-corrected chi connectivity index (χ0v) is 10.9. The number of hydrogen-bond acceptors (Lipinski definition) is 4. The fraction of sp³-hybridized carbons (Fsp3) is 0.0833. The maximum Gasteiger partial charge on any atom is 0.130 e. The lowest BCUT2D eigenvalue weighted by molar-refractivity contribution is 0.301. The number of nitrogens with zero attached hydrogens (tertiary/aromatic N) is 1. The van der Waals surface area contributed by atoms with Crippen LogP contribution in [0.2, 0.25) is 10.0 Å². The number of hydrogen-bond donors (Lipinski definition) is 2. The highest BCUT2D eigenvalue weighted by Crippen LogP contribution is 2.24. The number of aromatic nitrogens is 1. The summed E-state index contributed by atoms with van der Waals surface area (Å²) in [5.41, 5.74) is 4.07. The minimum absolute atomic E-state index is 0.312. The Labute approximate surface area is 115 Å². The maximum atomic E-state index is 5.87. The number of nitrogens with two attached hydrogens (primary N) is 1. The average Bonchev–Trinajstić information content (AvgIpc) is 2.35. The molecule has 0 amide bonds. The molecule has 2 aromatic rings. The van der Waals surface area contributed by atoms with E-state index in [1.807, 2.05) is 0 Å². The van der Waals surface area contributed by atoms with Gasteiger partial charge in [0.15, 0.2) is 0 Å². The monoisotopic (exact) mass is 283 g/mol. The summed E-state index contributed by atoms with van der Waals surface area (Å²) in [6.07, 6.45) is 1.65. The first-order valence-electron chi connectivity index (χ1n) is 5.18. The highest BCUT2D eigenvalue weighted by atomic mass is 35.5. The number of rotatable bonds is 4. The molecule has 3 N–H and O–H groups in total. The summed E-state index contributed by atoms with van der Waals surface area (Å²) in [6.45, 7) is 0.312. The Balaban J connectivity index is 2.06. The van der Waals surface area contributed by atoms with E-state index in [1.54, 1.807) is 36.5 Å². The third kappa shape index (κ3) is 3.50. The lowest BCUT2D eigenvalue weighted by Crippen LogP contribution is -2.08. The molecule has 0 saturated heterocycles. The molecule has 0 atom stereocenters. The molecule has 4 nitrogen and oxygen atoms in total. The van der Waals surface area contributed by atoms with E-state index in [-0.39, 0.29) is 0 Å². The van der Waals surface area contributed by atoms with Gasteiger partial charge in [-0.3, -0.25) is 10.8 Å². The van der Waals surface area contributed by atoms with Gasteiger partial charge in [0.1, 0.15) is 12.4 Å². The van der Waals surface area contributed by atoms with Gasteiger partial charge < -0.3 is 10.2 Å². The van der Waals surface area contributed by atoms with Crippen molar-refractivity contribution < 1.29 is 4.74 Å². The Morgan fingerprint density at radius 1 is 1.17 bits per heavy atom. The lowest BCUT2D eigenvalue weighted by Gasteiger charge is -2.07. The van der Waals surface area contributed by atoms with Gasteiger partial charge in [0.2, 0.25) is 0 Å². The molecule has 6 heteroatoms. The zero-order chi connectivity index (χ0) is 13.0. The van der Waals surface area contributed by atoms with Crippen molar-refractivity contribution in [1.29, 1.82) is 0 Å². The normalized spacial score (nSPS) is 10.2. The summed E-state index contributed by atoms with van der Waals surface area (Å²) < 4.78 is 5.55. The summed E-state index contributed by atoms with van der Waals surface area (Å²) in [6, 6.07) is 8.59. The molecule has 0 aliphatic carbocycles. The van der Waals surface area contributed by atoms with Crippen LogP contribution < -0.4 is 16.0 Å². The Bertz CT molecular complexity index is 528. The third-order valence-electron chi connectivity index (χ3n) is 2.21. The van der Waals surface area contributed by atoms with Crippen molar-refractivity contribution in [1.82, 2.24) is 4.98 Å². The first-order chi connectivity index (χ1) is 8.67. The topological polar surface area (TPSA) is 60.2 Å². The van der Waals surface area contributed by atoms with Crippen LogP contribution in [-0.2, 0) is 6.61 Å². The zero-order valence-electron chi connectivity index (χ0n) is 9.36. The van der Waals surface area contributed by atoms with E-state index in [9.17, 15) is 0 Å². The van der Waals surface area contributed by atoms with Crippen molar-refractivity contribution in [3.63, 3.8) is 0 Å². The quantitative estimate of drug-likeness (QED) is 0.668. The van der Waals surface area contributed by atoms with Crippen LogP contribution in [-0.4, -0.2) is 4.98 Å². The van der Waals surface area contributed by atoms with E-state index in [4.69, 9.17) is 33.8 Å². The Hall–Kier alpha value is -1.49. The molecule has 18 heavy (non-hydrogen) atoms. The Morgan fingerprint density at radius 2 is 1.89 bits per heavy atom. The fourth-order valence-electron chi connectivity index (χ4n) is 1.42. The predicted molar refractivity (Wildman–Crippen MR) is 72.8 cm³/mol. The van der Waals surface area contributed by atoms with Crippen LogP contribution in [0.5, 0.6) is 5.75 Å². The van der Waals surface area contributed by atoms with E-state index in [1.165, 1.54) is 0 Å². The molecule has 94 valence electrons.